The molecule has 5 heteroatoms. The number of rotatable bonds is 2. The summed E-state index contributed by atoms with van der Waals surface area (Å²) in [6.07, 6.45) is 3.80. The van der Waals surface area contributed by atoms with Gasteiger partial charge in [0.05, 0.1) is 11.9 Å². The molecule has 0 radical (unpaired) electrons. The van der Waals surface area contributed by atoms with Gasteiger partial charge in [0.2, 0.25) is 0 Å². The Morgan fingerprint density at radius 2 is 1.95 bits per heavy atom. The Morgan fingerprint density at radius 1 is 1.23 bits per heavy atom. The maximum Gasteiger partial charge on any atom is 0.254 e. The maximum atomic E-state index is 12.7. The van der Waals surface area contributed by atoms with Crippen molar-refractivity contribution in [2.75, 3.05) is 26.7 Å². The third-order valence-electron chi connectivity index (χ3n) is 4.18. The van der Waals surface area contributed by atoms with Crippen LogP contribution in [0.15, 0.2) is 36.7 Å². The van der Waals surface area contributed by atoms with Gasteiger partial charge in [0.1, 0.15) is 0 Å². The Labute approximate surface area is 131 Å². The zero-order chi connectivity index (χ0) is 15.7. The molecule has 1 aliphatic rings. The fraction of sp³-hybridized carbons (Fsp3) is 0.412. The molecule has 1 unspecified atom stereocenters. The molecule has 0 aliphatic carbocycles. The van der Waals surface area contributed by atoms with E-state index in [-0.39, 0.29) is 11.9 Å². The van der Waals surface area contributed by atoms with Crippen LogP contribution in [0.4, 0.5) is 0 Å². The number of carbonyl (C=O) groups excluding carboxylic acids is 1. The quantitative estimate of drug-likeness (QED) is 0.851. The number of nitrogens with zero attached hydrogens (tertiary/aromatic N) is 4. The maximum absolute atomic E-state index is 12.7. The first-order valence-corrected chi connectivity index (χ1v) is 7.66. The minimum Gasteiger partial charge on any atom is -0.333 e. The average Bonchev–Trinajstić information content (AvgIpc) is 2.93. The van der Waals surface area contributed by atoms with E-state index in [2.05, 4.69) is 24.0 Å². The van der Waals surface area contributed by atoms with Crippen molar-refractivity contribution in [3.05, 3.63) is 47.8 Å². The summed E-state index contributed by atoms with van der Waals surface area (Å²) >= 11 is 0. The van der Waals surface area contributed by atoms with Crippen molar-refractivity contribution in [3.8, 4) is 5.69 Å². The van der Waals surface area contributed by atoms with Crippen LogP contribution in [0.3, 0.4) is 0 Å². The lowest BCUT2D eigenvalue weighted by molar-refractivity contribution is 0.0533. The molecular formula is C17H22N4O. The standard InChI is InChI=1S/C17H22N4O/c1-13-10-18-21(11-13)16-6-4-15(5-7-16)17(22)20-9-8-19(3)12-14(20)2/h4-7,10-11,14H,8-9,12H2,1-3H3. The number of aromatic nitrogens is 2. The third-order valence-corrected chi connectivity index (χ3v) is 4.18. The van der Waals surface area contributed by atoms with Gasteiger partial charge in [-0.05, 0) is 50.7 Å². The van der Waals surface area contributed by atoms with Crippen molar-refractivity contribution in [1.82, 2.24) is 19.6 Å². The van der Waals surface area contributed by atoms with Crippen molar-refractivity contribution < 1.29 is 4.79 Å². The van der Waals surface area contributed by atoms with Crippen LogP contribution < -0.4 is 0 Å². The van der Waals surface area contributed by atoms with Crippen molar-refractivity contribution in [1.29, 1.82) is 0 Å². The van der Waals surface area contributed by atoms with Crippen LogP contribution in [0.5, 0.6) is 0 Å². The summed E-state index contributed by atoms with van der Waals surface area (Å²) in [5, 5.41) is 4.29. The molecule has 0 bridgehead atoms. The molecule has 1 saturated heterocycles. The number of hydrogen-bond donors (Lipinski definition) is 0. The minimum absolute atomic E-state index is 0.115. The molecule has 116 valence electrons. The fourth-order valence-electron chi connectivity index (χ4n) is 2.92. The van der Waals surface area contributed by atoms with Gasteiger partial charge < -0.3 is 9.80 Å². The number of likely N-dealkylation sites (N-methyl/N-ethyl adjacent to an activating group) is 1. The molecule has 5 nitrogen and oxygen atoms in total. The van der Waals surface area contributed by atoms with Crippen LogP contribution in [-0.4, -0.2) is 58.2 Å². The largest absolute Gasteiger partial charge is 0.333 e. The number of aryl methyl sites for hydroxylation is 1. The van der Waals surface area contributed by atoms with E-state index in [1.165, 1.54) is 0 Å². The minimum atomic E-state index is 0.115. The summed E-state index contributed by atoms with van der Waals surface area (Å²) in [4.78, 5) is 16.9. The molecule has 1 fully saturated rings. The Morgan fingerprint density at radius 3 is 2.55 bits per heavy atom. The Bertz CT molecular complexity index is 662. The van der Waals surface area contributed by atoms with Gasteiger partial charge in [-0.1, -0.05) is 0 Å². The molecule has 1 aliphatic heterocycles. The van der Waals surface area contributed by atoms with Gasteiger partial charge in [0.25, 0.3) is 5.91 Å². The highest BCUT2D eigenvalue weighted by molar-refractivity contribution is 5.94. The topological polar surface area (TPSA) is 41.4 Å². The fourth-order valence-corrected chi connectivity index (χ4v) is 2.92. The Balaban J connectivity index is 1.76. The normalized spacial score (nSPS) is 19.4. The second kappa shape index (κ2) is 5.93. The number of hydrogen-bond acceptors (Lipinski definition) is 3. The lowest BCUT2D eigenvalue weighted by Crippen LogP contribution is -2.52. The highest BCUT2D eigenvalue weighted by Crippen LogP contribution is 2.15. The zero-order valence-corrected chi connectivity index (χ0v) is 13.4. The third kappa shape index (κ3) is 2.90. The van der Waals surface area contributed by atoms with Crippen LogP contribution in [0.25, 0.3) is 5.69 Å². The predicted octanol–water partition coefficient (Wildman–Crippen LogP) is 1.96. The van der Waals surface area contributed by atoms with Crippen LogP contribution >= 0.6 is 0 Å². The SMILES string of the molecule is Cc1cnn(-c2ccc(C(=O)N3CCN(C)CC3C)cc2)c1. The molecule has 0 N–H and O–H groups in total. The van der Waals surface area contributed by atoms with Gasteiger partial charge in [0.15, 0.2) is 0 Å². The summed E-state index contributed by atoms with van der Waals surface area (Å²) in [5.41, 5.74) is 2.83. The number of amides is 1. The second-order valence-electron chi connectivity index (χ2n) is 6.12. The highest BCUT2D eigenvalue weighted by atomic mass is 16.2. The Hall–Kier alpha value is -2.14. The van der Waals surface area contributed by atoms with Crippen LogP contribution in [0.2, 0.25) is 0 Å². The molecule has 0 spiro atoms. The van der Waals surface area contributed by atoms with E-state index < -0.39 is 0 Å². The van der Waals surface area contributed by atoms with Crippen LogP contribution in [0.1, 0.15) is 22.8 Å². The molecule has 1 amide bonds. The van der Waals surface area contributed by atoms with E-state index in [1.807, 2.05) is 53.2 Å². The van der Waals surface area contributed by atoms with Crippen molar-refractivity contribution in [2.45, 2.75) is 19.9 Å². The predicted molar refractivity (Wildman–Crippen MR) is 86.3 cm³/mol. The molecule has 1 aromatic heterocycles. The number of benzene rings is 1. The molecule has 0 saturated carbocycles. The molecule has 22 heavy (non-hydrogen) atoms. The van der Waals surface area contributed by atoms with Gasteiger partial charge in [-0.3, -0.25) is 4.79 Å². The van der Waals surface area contributed by atoms with Gasteiger partial charge >= 0.3 is 0 Å². The van der Waals surface area contributed by atoms with E-state index in [1.54, 1.807) is 0 Å². The first-order valence-electron chi connectivity index (χ1n) is 7.66. The van der Waals surface area contributed by atoms with Gasteiger partial charge in [-0.25, -0.2) is 4.68 Å². The lowest BCUT2D eigenvalue weighted by Gasteiger charge is -2.38. The average molecular weight is 298 g/mol. The highest BCUT2D eigenvalue weighted by Gasteiger charge is 2.26. The van der Waals surface area contributed by atoms with Gasteiger partial charge in [-0.15, -0.1) is 0 Å². The van der Waals surface area contributed by atoms with Gasteiger partial charge in [0, 0.05) is 37.4 Å². The lowest BCUT2D eigenvalue weighted by atomic mass is 10.1. The van der Waals surface area contributed by atoms with Crippen LogP contribution in [0, 0.1) is 6.92 Å². The first kappa shape index (κ1) is 14.8. The van der Waals surface area contributed by atoms with Gasteiger partial charge in [-0.2, -0.15) is 5.10 Å². The molecule has 2 aromatic rings. The molecule has 3 rings (SSSR count). The zero-order valence-electron chi connectivity index (χ0n) is 13.4. The number of carbonyl (C=O) groups is 1. The molecule has 1 atom stereocenters. The summed E-state index contributed by atoms with van der Waals surface area (Å²) in [5.74, 6) is 0.115. The van der Waals surface area contributed by atoms with E-state index in [0.717, 1.165) is 36.4 Å². The van der Waals surface area contributed by atoms with E-state index >= 15 is 0 Å². The molecule has 1 aromatic carbocycles. The van der Waals surface area contributed by atoms with Crippen molar-refractivity contribution in [3.63, 3.8) is 0 Å². The van der Waals surface area contributed by atoms with Crippen LogP contribution in [-0.2, 0) is 0 Å². The van der Waals surface area contributed by atoms with E-state index in [4.69, 9.17) is 0 Å². The van der Waals surface area contributed by atoms with E-state index in [9.17, 15) is 4.79 Å². The second-order valence-corrected chi connectivity index (χ2v) is 6.12. The summed E-state index contributed by atoms with van der Waals surface area (Å²) in [6.45, 7) is 6.76. The van der Waals surface area contributed by atoms with Crippen molar-refractivity contribution in [2.24, 2.45) is 0 Å². The van der Waals surface area contributed by atoms with Crippen molar-refractivity contribution >= 4 is 5.91 Å². The Kier molecular flexibility index (Phi) is 3.98. The monoisotopic (exact) mass is 298 g/mol. The summed E-state index contributed by atoms with van der Waals surface area (Å²) in [6, 6.07) is 7.92. The summed E-state index contributed by atoms with van der Waals surface area (Å²) in [7, 11) is 2.10. The first-order chi connectivity index (χ1) is 10.5. The molecule has 2 heterocycles. The molecular weight excluding hydrogens is 276 g/mol. The summed E-state index contributed by atoms with van der Waals surface area (Å²) < 4.78 is 1.82. The smallest absolute Gasteiger partial charge is 0.254 e. The number of piperazine rings is 1. The van der Waals surface area contributed by atoms with E-state index in [0.29, 0.717) is 0 Å².